The van der Waals surface area contributed by atoms with Crippen molar-refractivity contribution in [1.82, 2.24) is 10.3 Å². The Balaban J connectivity index is 1.97. The highest BCUT2D eigenvalue weighted by Crippen LogP contribution is 2.18. The number of benzene rings is 1. The van der Waals surface area contributed by atoms with Crippen LogP contribution in [0.4, 0.5) is 0 Å². The van der Waals surface area contributed by atoms with Crippen LogP contribution in [0.15, 0.2) is 29.6 Å². The summed E-state index contributed by atoms with van der Waals surface area (Å²) in [5, 5.41) is 5.84. The van der Waals surface area contributed by atoms with E-state index in [1.807, 2.05) is 30.5 Å². The molecule has 1 amide bonds. The number of aromatic nitrogens is 1. The number of amides is 1. The highest BCUT2D eigenvalue weighted by atomic mass is 32.1. The van der Waals surface area contributed by atoms with E-state index >= 15 is 0 Å². The SMILES string of the molecule is CCCCOc1ccccc1C(=O)NCc1csc(C)n1. The van der Waals surface area contributed by atoms with E-state index in [0.29, 0.717) is 24.5 Å². The lowest BCUT2D eigenvalue weighted by molar-refractivity contribution is 0.0946. The molecule has 1 N–H and O–H groups in total. The smallest absolute Gasteiger partial charge is 0.255 e. The van der Waals surface area contributed by atoms with Gasteiger partial charge in [0.05, 0.1) is 29.4 Å². The van der Waals surface area contributed by atoms with Gasteiger partial charge < -0.3 is 10.1 Å². The zero-order valence-electron chi connectivity index (χ0n) is 12.4. The van der Waals surface area contributed by atoms with Gasteiger partial charge in [-0.25, -0.2) is 4.98 Å². The molecule has 0 atom stereocenters. The van der Waals surface area contributed by atoms with Gasteiger partial charge in [-0.3, -0.25) is 4.79 Å². The van der Waals surface area contributed by atoms with Crippen LogP contribution in [0, 0.1) is 6.92 Å². The molecule has 5 heteroatoms. The monoisotopic (exact) mass is 304 g/mol. The van der Waals surface area contributed by atoms with Crippen LogP contribution in [0.3, 0.4) is 0 Å². The molecular weight excluding hydrogens is 284 g/mol. The van der Waals surface area contributed by atoms with Crippen molar-refractivity contribution in [3.8, 4) is 5.75 Å². The molecular formula is C16H20N2O2S. The molecule has 1 aromatic carbocycles. The van der Waals surface area contributed by atoms with Gasteiger partial charge in [-0.1, -0.05) is 25.5 Å². The summed E-state index contributed by atoms with van der Waals surface area (Å²) in [4.78, 5) is 16.6. The predicted molar refractivity (Wildman–Crippen MR) is 84.9 cm³/mol. The third-order valence-electron chi connectivity index (χ3n) is 2.98. The number of nitrogens with one attached hydrogen (secondary N) is 1. The van der Waals surface area contributed by atoms with E-state index in [2.05, 4.69) is 17.2 Å². The Morgan fingerprint density at radius 1 is 1.38 bits per heavy atom. The second-order valence-corrected chi connectivity index (χ2v) is 5.80. The van der Waals surface area contributed by atoms with Gasteiger partial charge in [-0.2, -0.15) is 0 Å². The Morgan fingerprint density at radius 3 is 2.90 bits per heavy atom. The van der Waals surface area contributed by atoms with E-state index in [1.165, 1.54) is 0 Å². The van der Waals surface area contributed by atoms with Gasteiger partial charge in [0.2, 0.25) is 0 Å². The molecule has 0 bridgehead atoms. The molecule has 1 aromatic heterocycles. The maximum atomic E-state index is 12.3. The molecule has 0 aliphatic heterocycles. The van der Waals surface area contributed by atoms with E-state index in [1.54, 1.807) is 17.4 Å². The summed E-state index contributed by atoms with van der Waals surface area (Å²) >= 11 is 1.58. The van der Waals surface area contributed by atoms with Crippen molar-refractivity contribution in [2.45, 2.75) is 33.2 Å². The zero-order valence-corrected chi connectivity index (χ0v) is 13.2. The summed E-state index contributed by atoms with van der Waals surface area (Å²) in [7, 11) is 0. The molecule has 2 aromatic rings. The number of para-hydroxylation sites is 1. The number of carbonyl (C=O) groups is 1. The van der Waals surface area contributed by atoms with Crippen LogP contribution < -0.4 is 10.1 Å². The number of aryl methyl sites for hydroxylation is 1. The van der Waals surface area contributed by atoms with Gasteiger partial charge in [0.15, 0.2) is 0 Å². The van der Waals surface area contributed by atoms with Crippen LogP contribution in [0.1, 0.15) is 40.8 Å². The molecule has 0 radical (unpaired) electrons. The van der Waals surface area contributed by atoms with Gasteiger partial charge in [-0.15, -0.1) is 11.3 Å². The van der Waals surface area contributed by atoms with Gasteiger partial charge in [0.25, 0.3) is 5.91 Å². The van der Waals surface area contributed by atoms with Crippen molar-refractivity contribution in [1.29, 1.82) is 0 Å². The fraction of sp³-hybridized carbons (Fsp3) is 0.375. The summed E-state index contributed by atoms with van der Waals surface area (Å²) < 4.78 is 5.68. The van der Waals surface area contributed by atoms with E-state index < -0.39 is 0 Å². The fourth-order valence-corrected chi connectivity index (χ4v) is 2.47. The molecule has 1 heterocycles. The van der Waals surface area contributed by atoms with Gasteiger partial charge >= 0.3 is 0 Å². The van der Waals surface area contributed by atoms with Gasteiger partial charge in [0, 0.05) is 5.38 Å². The number of ether oxygens (including phenoxy) is 1. The minimum Gasteiger partial charge on any atom is -0.493 e. The molecule has 0 saturated carbocycles. The third-order valence-corrected chi connectivity index (χ3v) is 3.81. The number of hydrogen-bond acceptors (Lipinski definition) is 4. The van der Waals surface area contributed by atoms with E-state index in [9.17, 15) is 4.79 Å². The van der Waals surface area contributed by atoms with Crippen LogP contribution in [0.2, 0.25) is 0 Å². The molecule has 0 aliphatic carbocycles. The lowest BCUT2D eigenvalue weighted by Gasteiger charge is -2.11. The molecule has 0 aliphatic rings. The first-order valence-corrected chi connectivity index (χ1v) is 7.99. The zero-order chi connectivity index (χ0) is 15.1. The summed E-state index contributed by atoms with van der Waals surface area (Å²) in [6, 6.07) is 7.33. The summed E-state index contributed by atoms with van der Waals surface area (Å²) in [6.45, 7) is 5.13. The van der Waals surface area contributed by atoms with Crippen LogP contribution in [0.25, 0.3) is 0 Å². The number of unbranched alkanes of at least 4 members (excludes halogenated alkanes) is 1. The maximum Gasteiger partial charge on any atom is 0.255 e. The largest absolute Gasteiger partial charge is 0.493 e. The van der Waals surface area contributed by atoms with E-state index in [-0.39, 0.29) is 5.91 Å². The minimum absolute atomic E-state index is 0.132. The van der Waals surface area contributed by atoms with Crippen molar-refractivity contribution in [3.63, 3.8) is 0 Å². The minimum atomic E-state index is -0.132. The lowest BCUT2D eigenvalue weighted by Crippen LogP contribution is -2.23. The van der Waals surface area contributed by atoms with Crippen LogP contribution in [0.5, 0.6) is 5.75 Å². The summed E-state index contributed by atoms with van der Waals surface area (Å²) in [5.74, 6) is 0.505. The van der Waals surface area contributed by atoms with E-state index in [4.69, 9.17) is 4.74 Å². The molecule has 0 unspecified atom stereocenters. The van der Waals surface area contributed by atoms with Crippen molar-refractivity contribution in [2.75, 3.05) is 6.61 Å². The van der Waals surface area contributed by atoms with Crippen molar-refractivity contribution in [3.05, 3.63) is 45.9 Å². The molecule has 0 spiro atoms. The molecule has 0 fully saturated rings. The number of thiazole rings is 1. The highest BCUT2D eigenvalue weighted by Gasteiger charge is 2.12. The topological polar surface area (TPSA) is 51.2 Å². The molecule has 4 nitrogen and oxygen atoms in total. The first-order chi connectivity index (χ1) is 10.2. The van der Waals surface area contributed by atoms with Crippen molar-refractivity contribution < 1.29 is 9.53 Å². The highest BCUT2D eigenvalue weighted by molar-refractivity contribution is 7.09. The Morgan fingerprint density at radius 2 is 2.19 bits per heavy atom. The molecule has 2 rings (SSSR count). The Kier molecular flexibility index (Phi) is 5.75. The molecule has 112 valence electrons. The van der Waals surface area contributed by atoms with Crippen LogP contribution >= 0.6 is 11.3 Å². The normalized spacial score (nSPS) is 10.4. The quantitative estimate of drug-likeness (QED) is 0.796. The van der Waals surface area contributed by atoms with Crippen LogP contribution in [-0.4, -0.2) is 17.5 Å². The third kappa shape index (κ3) is 4.56. The second kappa shape index (κ2) is 7.78. The fourth-order valence-electron chi connectivity index (χ4n) is 1.86. The molecule has 0 saturated heterocycles. The number of hydrogen-bond donors (Lipinski definition) is 1. The van der Waals surface area contributed by atoms with Gasteiger partial charge in [0.1, 0.15) is 5.75 Å². The Labute approximate surface area is 129 Å². The Bertz CT molecular complexity index is 595. The van der Waals surface area contributed by atoms with Gasteiger partial charge in [-0.05, 0) is 25.5 Å². The average Bonchev–Trinajstić information content (AvgIpc) is 2.91. The maximum absolute atomic E-state index is 12.3. The molecule has 21 heavy (non-hydrogen) atoms. The van der Waals surface area contributed by atoms with Crippen molar-refractivity contribution >= 4 is 17.2 Å². The van der Waals surface area contributed by atoms with Crippen molar-refractivity contribution in [2.24, 2.45) is 0 Å². The van der Waals surface area contributed by atoms with Crippen LogP contribution in [-0.2, 0) is 6.54 Å². The predicted octanol–water partition coefficient (Wildman–Crippen LogP) is 3.56. The Hall–Kier alpha value is -1.88. The number of nitrogens with zero attached hydrogens (tertiary/aromatic N) is 1. The standard InChI is InChI=1S/C16H20N2O2S/c1-3-4-9-20-15-8-6-5-7-14(15)16(19)17-10-13-11-21-12(2)18-13/h5-8,11H,3-4,9-10H2,1-2H3,(H,17,19). The first kappa shape index (κ1) is 15.5. The number of carbonyl (C=O) groups excluding carboxylic acids is 1. The average molecular weight is 304 g/mol. The number of rotatable bonds is 7. The first-order valence-electron chi connectivity index (χ1n) is 7.11. The summed E-state index contributed by atoms with van der Waals surface area (Å²) in [6.07, 6.45) is 2.05. The van der Waals surface area contributed by atoms with E-state index in [0.717, 1.165) is 23.5 Å². The summed E-state index contributed by atoms with van der Waals surface area (Å²) in [5.41, 5.74) is 1.45. The lowest BCUT2D eigenvalue weighted by atomic mass is 10.2. The second-order valence-electron chi connectivity index (χ2n) is 4.74.